The van der Waals surface area contributed by atoms with Gasteiger partial charge in [-0.3, -0.25) is 5.10 Å². The standard InChI is InChI=1S/C19H15N3O5/c1-25-14-7-3-2-5-12(14)18-20-11(10-27-18)9-26-15-8-4-6-13-16(15)17(19(23)24)22-21-13/h2-8,10H,9H2,1H3,(H,21,22)(H,23,24). The number of oxazole rings is 1. The summed E-state index contributed by atoms with van der Waals surface area (Å²) >= 11 is 0. The molecule has 0 fully saturated rings. The molecule has 2 N–H and O–H groups in total. The number of nitrogens with one attached hydrogen (secondary N) is 1. The Kier molecular flexibility index (Phi) is 4.21. The molecule has 0 aliphatic heterocycles. The van der Waals surface area contributed by atoms with E-state index in [1.165, 1.54) is 6.26 Å². The van der Waals surface area contributed by atoms with E-state index in [1.807, 2.05) is 24.3 Å². The Balaban J connectivity index is 1.59. The van der Waals surface area contributed by atoms with Crippen LogP contribution >= 0.6 is 0 Å². The van der Waals surface area contributed by atoms with Crippen molar-refractivity contribution >= 4 is 16.9 Å². The van der Waals surface area contributed by atoms with Crippen molar-refractivity contribution in [3.05, 3.63) is 60.1 Å². The highest BCUT2D eigenvalue weighted by Gasteiger charge is 2.18. The molecule has 4 rings (SSSR count). The number of carboxylic acid groups (broad SMARTS) is 1. The number of aromatic amines is 1. The molecule has 0 aliphatic rings. The van der Waals surface area contributed by atoms with Crippen LogP contribution in [0.2, 0.25) is 0 Å². The largest absolute Gasteiger partial charge is 0.496 e. The maximum absolute atomic E-state index is 11.3. The molecular weight excluding hydrogens is 350 g/mol. The van der Waals surface area contributed by atoms with Gasteiger partial charge in [0.25, 0.3) is 0 Å². The number of aromatic nitrogens is 3. The molecule has 0 amide bonds. The predicted octanol–water partition coefficient (Wildman–Crippen LogP) is 3.50. The van der Waals surface area contributed by atoms with Crippen molar-refractivity contribution in [1.29, 1.82) is 0 Å². The minimum atomic E-state index is -1.13. The molecule has 0 saturated heterocycles. The quantitative estimate of drug-likeness (QED) is 0.538. The van der Waals surface area contributed by atoms with E-state index >= 15 is 0 Å². The van der Waals surface area contributed by atoms with E-state index in [9.17, 15) is 9.90 Å². The Bertz CT molecular complexity index is 1120. The Morgan fingerprint density at radius 1 is 1.19 bits per heavy atom. The third-order valence-electron chi connectivity index (χ3n) is 4.02. The highest BCUT2D eigenvalue weighted by molar-refractivity contribution is 6.03. The van der Waals surface area contributed by atoms with Gasteiger partial charge in [0.1, 0.15) is 30.1 Å². The topological polar surface area (TPSA) is 110 Å². The van der Waals surface area contributed by atoms with E-state index in [0.717, 1.165) is 5.56 Å². The fourth-order valence-electron chi connectivity index (χ4n) is 2.79. The van der Waals surface area contributed by atoms with Crippen LogP contribution in [-0.2, 0) is 6.61 Å². The normalized spacial score (nSPS) is 10.9. The lowest BCUT2D eigenvalue weighted by atomic mass is 10.2. The van der Waals surface area contributed by atoms with Crippen molar-refractivity contribution in [2.45, 2.75) is 6.61 Å². The summed E-state index contributed by atoms with van der Waals surface area (Å²) in [4.78, 5) is 15.8. The van der Waals surface area contributed by atoms with Crippen molar-refractivity contribution in [3.63, 3.8) is 0 Å². The second-order valence-corrected chi connectivity index (χ2v) is 5.69. The van der Waals surface area contributed by atoms with Crippen LogP contribution in [0.15, 0.2) is 53.1 Å². The first-order valence-electron chi connectivity index (χ1n) is 8.08. The van der Waals surface area contributed by atoms with E-state index in [0.29, 0.717) is 34.0 Å². The first-order chi connectivity index (χ1) is 13.2. The van der Waals surface area contributed by atoms with Gasteiger partial charge in [0, 0.05) is 0 Å². The summed E-state index contributed by atoms with van der Waals surface area (Å²) in [7, 11) is 1.58. The van der Waals surface area contributed by atoms with Gasteiger partial charge in [0.05, 0.1) is 23.6 Å². The molecule has 136 valence electrons. The number of hydrogen-bond donors (Lipinski definition) is 2. The van der Waals surface area contributed by atoms with Crippen LogP contribution in [0.4, 0.5) is 0 Å². The maximum atomic E-state index is 11.3. The third kappa shape index (κ3) is 3.08. The van der Waals surface area contributed by atoms with Gasteiger partial charge < -0.3 is 19.0 Å². The second kappa shape index (κ2) is 6.83. The van der Waals surface area contributed by atoms with Gasteiger partial charge in [-0.15, -0.1) is 0 Å². The fraction of sp³-hybridized carbons (Fsp3) is 0.105. The number of methoxy groups -OCH3 is 1. The molecule has 0 unspecified atom stereocenters. The lowest BCUT2D eigenvalue weighted by molar-refractivity contribution is 0.0692. The first kappa shape index (κ1) is 16.6. The molecule has 0 atom stereocenters. The zero-order chi connectivity index (χ0) is 18.8. The minimum Gasteiger partial charge on any atom is -0.496 e. The molecule has 0 radical (unpaired) electrons. The third-order valence-corrected chi connectivity index (χ3v) is 4.02. The summed E-state index contributed by atoms with van der Waals surface area (Å²) in [6, 6.07) is 12.6. The SMILES string of the molecule is COc1ccccc1-c1nc(COc2cccc3[nH]nc(C(=O)O)c23)co1. The molecular formula is C19H15N3O5. The van der Waals surface area contributed by atoms with E-state index < -0.39 is 5.97 Å². The fourth-order valence-corrected chi connectivity index (χ4v) is 2.79. The van der Waals surface area contributed by atoms with Crippen LogP contribution in [0.3, 0.4) is 0 Å². The summed E-state index contributed by atoms with van der Waals surface area (Å²) in [5.41, 5.74) is 1.79. The molecule has 8 heteroatoms. The van der Waals surface area contributed by atoms with Crippen LogP contribution < -0.4 is 9.47 Å². The van der Waals surface area contributed by atoms with Crippen molar-refractivity contribution in [1.82, 2.24) is 15.2 Å². The molecule has 0 bridgehead atoms. The number of para-hydroxylation sites is 1. The lowest BCUT2D eigenvalue weighted by Crippen LogP contribution is -2.00. The zero-order valence-electron chi connectivity index (χ0n) is 14.3. The number of ether oxygens (including phenoxy) is 2. The van der Waals surface area contributed by atoms with Crippen LogP contribution in [0.5, 0.6) is 11.5 Å². The molecule has 2 aromatic carbocycles. The molecule has 0 spiro atoms. The molecule has 0 saturated carbocycles. The van der Waals surface area contributed by atoms with E-state index in [4.69, 9.17) is 13.9 Å². The molecule has 27 heavy (non-hydrogen) atoms. The van der Waals surface area contributed by atoms with Crippen LogP contribution in [-0.4, -0.2) is 33.4 Å². The van der Waals surface area contributed by atoms with Crippen LogP contribution in [0.25, 0.3) is 22.4 Å². The van der Waals surface area contributed by atoms with Gasteiger partial charge in [0.2, 0.25) is 5.89 Å². The summed E-state index contributed by atoms with van der Waals surface area (Å²) < 4.78 is 16.6. The number of carbonyl (C=O) groups is 1. The van der Waals surface area contributed by atoms with Crippen LogP contribution in [0.1, 0.15) is 16.2 Å². The molecule has 2 aromatic heterocycles. The average Bonchev–Trinajstić information content (AvgIpc) is 3.33. The highest BCUT2D eigenvalue weighted by atomic mass is 16.5. The van der Waals surface area contributed by atoms with Gasteiger partial charge in [-0.25, -0.2) is 9.78 Å². The number of hydrogen-bond acceptors (Lipinski definition) is 6. The number of carboxylic acids is 1. The molecule has 2 heterocycles. The summed E-state index contributed by atoms with van der Waals surface area (Å²) in [6.07, 6.45) is 1.50. The number of rotatable bonds is 6. The van der Waals surface area contributed by atoms with Gasteiger partial charge in [-0.05, 0) is 24.3 Å². The Morgan fingerprint density at radius 3 is 2.81 bits per heavy atom. The number of fused-ring (bicyclic) bond motifs is 1. The smallest absolute Gasteiger partial charge is 0.357 e. The van der Waals surface area contributed by atoms with Crippen LogP contribution in [0, 0.1) is 0 Å². The number of benzene rings is 2. The summed E-state index contributed by atoms with van der Waals surface area (Å²) in [5, 5.41) is 16.2. The molecule has 8 nitrogen and oxygen atoms in total. The first-order valence-corrected chi connectivity index (χ1v) is 8.08. The van der Waals surface area contributed by atoms with Crippen molar-refractivity contribution < 1.29 is 23.8 Å². The van der Waals surface area contributed by atoms with E-state index in [-0.39, 0.29) is 12.3 Å². The molecule has 4 aromatic rings. The average molecular weight is 365 g/mol. The van der Waals surface area contributed by atoms with Crippen molar-refractivity contribution in [3.8, 4) is 23.0 Å². The summed E-state index contributed by atoms with van der Waals surface area (Å²) in [5.74, 6) is 0.345. The Hall–Kier alpha value is -3.81. The zero-order valence-corrected chi connectivity index (χ0v) is 14.3. The van der Waals surface area contributed by atoms with Gasteiger partial charge in [-0.2, -0.15) is 5.10 Å². The van der Waals surface area contributed by atoms with Gasteiger partial charge in [0.15, 0.2) is 5.69 Å². The van der Waals surface area contributed by atoms with E-state index in [2.05, 4.69) is 15.2 Å². The minimum absolute atomic E-state index is 0.0875. The summed E-state index contributed by atoms with van der Waals surface area (Å²) in [6.45, 7) is 0.113. The predicted molar refractivity (Wildman–Crippen MR) is 95.9 cm³/mol. The maximum Gasteiger partial charge on any atom is 0.357 e. The molecule has 0 aliphatic carbocycles. The number of nitrogens with zero attached hydrogens (tertiary/aromatic N) is 2. The van der Waals surface area contributed by atoms with Crippen molar-refractivity contribution in [2.75, 3.05) is 7.11 Å². The monoisotopic (exact) mass is 365 g/mol. The number of H-pyrrole nitrogens is 1. The highest BCUT2D eigenvalue weighted by Crippen LogP contribution is 2.30. The second-order valence-electron chi connectivity index (χ2n) is 5.69. The Labute approximate surface area is 153 Å². The Morgan fingerprint density at radius 2 is 2.00 bits per heavy atom. The lowest BCUT2D eigenvalue weighted by Gasteiger charge is -2.06. The van der Waals surface area contributed by atoms with Gasteiger partial charge >= 0.3 is 5.97 Å². The van der Waals surface area contributed by atoms with Gasteiger partial charge in [-0.1, -0.05) is 18.2 Å². The number of aromatic carboxylic acids is 1. The van der Waals surface area contributed by atoms with Crippen molar-refractivity contribution in [2.24, 2.45) is 0 Å². The van der Waals surface area contributed by atoms with E-state index in [1.54, 1.807) is 25.3 Å².